The number of hydrogen-bond acceptors (Lipinski definition) is 4. The summed E-state index contributed by atoms with van der Waals surface area (Å²) >= 11 is 0. The molecule has 0 N–H and O–H groups in total. The van der Waals surface area contributed by atoms with Crippen LogP contribution in [-0.4, -0.2) is 47.1 Å². The van der Waals surface area contributed by atoms with Crippen molar-refractivity contribution in [2.24, 2.45) is 11.8 Å². The van der Waals surface area contributed by atoms with Gasteiger partial charge in [-0.25, -0.2) is 0 Å². The van der Waals surface area contributed by atoms with E-state index in [0.29, 0.717) is 18.3 Å². The minimum atomic E-state index is 0.168. The van der Waals surface area contributed by atoms with Crippen molar-refractivity contribution in [2.45, 2.75) is 25.2 Å². The highest BCUT2D eigenvalue weighted by molar-refractivity contribution is 5.79. The summed E-state index contributed by atoms with van der Waals surface area (Å²) in [5, 5.41) is 0. The molecule has 0 bridgehead atoms. The Morgan fingerprint density at radius 1 is 1.08 bits per heavy atom. The number of carbonyl (C=O) groups excluding carboxylic acids is 1. The van der Waals surface area contributed by atoms with Crippen LogP contribution in [-0.2, 0) is 16.0 Å². The third-order valence-electron chi connectivity index (χ3n) is 5.39. The maximum absolute atomic E-state index is 12.8. The molecular formula is C21H25N3O2. The predicted octanol–water partition coefficient (Wildman–Crippen LogP) is 2.69. The Morgan fingerprint density at radius 3 is 2.65 bits per heavy atom. The van der Waals surface area contributed by atoms with Crippen LogP contribution in [0, 0.1) is 11.8 Å². The van der Waals surface area contributed by atoms with E-state index in [4.69, 9.17) is 4.74 Å². The highest BCUT2D eigenvalue weighted by Gasteiger charge is 2.36. The second-order valence-electron chi connectivity index (χ2n) is 7.46. The number of ether oxygens (including phenoxy) is 1. The van der Waals surface area contributed by atoms with E-state index >= 15 is 0 Å². The zero-order valence-electron chi connectivity index (χ0n) is 15.0. The van der Waals surface area contributed by atoms with Crippen molar-refractivity contribution in [3.63, 3.8) is 0 Å². The first kappa shape index (κ1) is 17.2. The summed E-state index contributed by atoms with van der Waals surface area (Å²) in [6.07, 6.45) is 10.2. The highest BCUT2D eigenvalue weighted by Crippen LogP contribution is 2.34. The molecule has 0 aromatic carbocycles. The van der Waals surface area contributed by atoms with Gasteiger partial charge in [0, 0.05) is 56.3 Å². The van der Waals surface area contributed by atoms with E-state index < -0.39 is 0 Å². The second kappa shape index (κ2) is 7.96. The van der Waals surface area contributed by atoms with Gasteiger partial charge in [0.25, 0.3) is 0 Å². The molecule has 1 aliphatic carbocycles. The van der Waals surface area contributed by atoms with Crippen molar-refractivity contribution in [2.75, 3.05) is 26.3 Å². The molecule has 2 atom stereocenters. The lowest BCUT2D eigenvalue weighted by molar-refractivity contribution is -0.129. The van der Waals surface area contributed by atoms with E-state index in [2.05, 4.69) is 22.1 Å². The number of aromatic nitrogens is 2. The topological polar surface area (TPSA) is 55.3 Å². The fourth-order valence-corrected chi connectivity index (χ4v) is 3.69. The fourth-order valence-electron chi connectivity index (χ4n) is 3.69. The normalized spacial score (nSPS) is 22.5. The molecule has 1 aliphatic heterocycles. The number of hydrogen-bond donors (Lipinski definition) is 0. The molecule has 1 saturated carbocycles. The number of pyridine rings is 2. The molecule has 1 saturated heterocycles. The molecule has 136 valence electrons. The Hall–Kier alpha value is -2.27. The van der Waals surface area contributed by atoms with Crippen molar-refractivity contribution < 1.29 is 9.53 Å². The van der Waals surface area contributed by atoms with Crippen LogP contribution >= 0.6 is 0 Å². The molecule has 2 aromatic heterocycles. The quantitative estimate of drug-likeness (QED) is 0.770. The van der Waals surface area contributed by atoms with Gasteiger partial charge in [-0.3, -0.25) is 14.8 Å². The Labute approximate surface area is 154 Å². The van der Waals surface area contributed by atoms with Crippen LogP contribution in [0.3, 0.4) is 0 Å². The number of amides is 1. The minimum Gasteiger partial charge on any atom is -0.381 e. The van der Waals surface area contributed by atoms with E-state index in [1.54, 1.807) is 12.4 Å². The van der Waals surface area contributed by atoms with Crippen LogP contribution in [0.25, 0.3) is 0 Å². The number of likely N-dealkylation sites (tertiary alicyclic amines) is 1. The van der Waals surface area contributed by atoms with Gasteiger partial charge in [-0.05, 0) is 48.1 Å². The van der Waals surface area contributed by atoms with E-state index in [1.165, 1.54) is 18.4 Å². The molecule has 5 heteroatoms. The Kier molecular flexibility index (Phi) is 5.25. The van der Waals surface area contributed by atoms with Gasteiger partial charge >= 0.3 is 0 Å². The van der Waals surface area contributed by atoms with Gasteiger partial charge in [-0.15, -0.1) is 0 Å². The average molecular weight is 351 g/mol. The lowest BCUT2D eigenvalue weighted by Gasteiger charge is -2.18. The molecular weight excluding hydrogens is 326 g/mol. The zero-order valence-corrected chi connectivity index (χ0v) is 15.0. The molecule has 4 rings (SSSR count). The standard InChI is InChI=1S/C21H25N3O2/c25-21(10-17-2-1-7-23-11-17)24-12-19(15-26-14-16-3-4-16)20(13-24)18-5-8-22-9-6-18/h1-2,5-9,11,16,19-20H,3-4,10,12-15H2. The molecule has 2 fully saturated rings. The third-order valence-corrected chi connectivity index (χ3v) is 5.39. The molecule has 2 unspecified atom stereocenters. The van der Waals surface area contributed by atoms with E-state index in [9.17, 15) is 4.79 Å². The van der Waals surface area contributed by atoms with Crippen molar-refractivity contribution in [1.82, 2.24) is 14.9 Å². The van der Waals surface area contributed by atoms with E-state index in [-0.39, 0.29) is 5.91 Å². The SMILES string of the molecule is O=C(Cc1cccnc1)N1CC(COCC2CC2)C(c2ccncc2)C1. The van der Waals surface area contributed by atoms with Crippen LogP contribution < -0.4 is 0 Å². The Balaban J connectivity index is 1.42. The molecule has 5 nitrogen and oxygen atoms in total. The largest absolute Gasteiger partial charge is 0.381 e. The second-order valence-corrected chi connectivity index (χ2v) is 7.46. The Bertz CT molecular complexity index is 719. The minimum absolute atomic E-state index is 0.168. The van der Waals surface area contributed by atoms with Gasteiger partial charge in [0.2, 0.25) is 5.91 Å². The maximum Gasteiger partial charge on any atom is 0.227 e. The van der Waals surface area contributed by atoms with E-state index in [0.717, 1.165) is 37.8 Å². The summed E-state index contributed by atoms with van der Waals surface area (Å²) in [6.45, 7) is 3.10. The average Bonchev–Trinajstić information content (AvgIpc) is 3.40. The smallest absolute Gasteiger partial charge is 0.227 e. The zero-order chi connectivity index (χ0) is 17.8. The molecule has 1 amide bonds. The van der Waals surface area contributed by atoms with Crippen molar-refractivity contribution >= 4 is 5.91 Å². The van der Waals surface area contributed by atoms with Crippen molar-refractivity contribution in [1.29, 1.82) is 0 Å². The van der Waals surface area contributed by atoms with Gasteiger partial charge in [-0.2, -0.15) is 0 Å². The number of rotatable bonds is 7. The van der Waals surface area contributed by atoms with Gasteiger partial charge in [0.15, 0.2) is 0 Å². The lowest BCUT2D eigenvalue weighted by Crippen LogP contribution is -2.30. The van der Waals surface area contributed by atoms with Crippen LogP contribution in [0.5, 0.6) is 0 Å². The first-order valence-corrected chi connectivity index (χ1v) is 9.44. The van der Waals surface area contributed by atoms with Crippen LogP contribution in [0.4, 0.5) is 0 Å². The van der Waals surface area contributed by atoms with Crippen molar-refractivity contribution in [3.8, 4) is 0 Å². The van der Waals surface area contributed by atoms with Gasteiger partial charge < -0.3 is 9.64 Å². The maximum atomic E-state index is 12.8. The predicted molar refractivity (Wildman–Crippen MR) is 98.5 cm³/mol. The van der Waals surface area contributed by atoms with Gasteiger partial charge in [-0.1, -0.05) is 6.07 Å². The van der Waals surface area contributed by atoms with Gasteiger partial charge in [0.1, 0.15) is 0 Å². The fraction of sp³-hybridized carbons (Fsp3) is 0.476. The third kappa shape index (κ3) is 4.28. The summed E-state index contributed by atoms with van der Waals surface area (Å²) < 4.78 is 5.98. The Morgan fingerprint density at radius 2 is 1.92 bits per heavy atom. The molecule has 3 heterocycles. The monoisotopic (exact) mass is 351 g/mol. The molecule has 2 aliphatic rings. The summed E-state index contributed by atoms with van der Waals surface area (Å²) in [4.78, 5) is 23.0. The highest BCUT2D eigenvalue weighted by atomic mass is 16.5. The molecule has 26 heavy (non-hydrogen) atoms. The molecule has 2 aromatic rings. The first-order chi connectivity index (χ1) is 12.8. The van der Waals surface area contributed by atoms with Crippen LogP contribution in [0.2, 0.25) is 0 Å². The van der Waals surface area contributed by atoms with Gasteiger partial charge in [0.05, 0.1) is 13.0 Å². The van der Waals surface area contributed by atoms with Crippen molar-refractivity contribution in [3.05, 3.63) is 60.2 Å². The number of carbonyl (C=O) groups is 1. The lowest BCUT2D eigenvalue weighted by atomic mass is 9.90. The molecule has 0 spiro atoms. The summed E-state index contributed by atoms with van der Waals surface area (Å²) in [7, 11) is 0. The number of nitrogens with zero attached hydrogens (tertiary/aromatic N) is 3. The van der Waals surface area contributed by atoms with Crippen LogP contribution in [0.1, 0.15) is 29.9 Å². The molecule has 0 radical (unpaired) electrons. The summed E-state index contributed by atoms with van der Waals surface area (Å²) in [5.74, 6) is 1.59. The summed E-state index contributed by atoms with van der Waals surface area (Å²) in [6, 6.07) is 7.96. The van der Waals surface area contributed by atoms with Crippen LogP contribution in [0.15, 0.2) is 49.1 Å². The van der Waals surface area contributed by atoms with E-state index in [1.807, 2.05) is 29.4 Å². The first-order valence-electron chi connectivity index (χ1n) is 9.44. The summed E-state index contributed by atoms with van der Waals surface area (Å²) in [5.41, 5.74) is 2.21.